The monoisotopic (exact) mass is 801 g/mol. The molecule has 12 nitrogen and oxygen atoms in total. The molecule has 4 aromatic rings. The number of hydrogen-bond donors (Lipinski definition) is 2. The Hall–Kier alpha value is -4.85. The summed E-state index contributed by atoms with van der Waals surface area (Å²) in [5.74, 6) is -1.26. The molecule has 0 radical (unpaired) electrons. The number of anilines is 2. The summed E-state index contributed by atoms with van der Waals surface area (Å²) in [5.41, 5.74) is 0.892. The number of carbonyl (C=O) groups is 3. The van der Waals surface area contributed by atoms with Crippen LogP contribution in [-0.2, 0) is 20.2 Å². The number of hydroxylamine groups is 2. The third-order valence-corrected chi connectivity index (χ3v) is 10.5. The van der Waals surface area contributed by atoms with Crippen molar-refractivity contribution in [3.05, 3.63) is 96.6 Å². The van der Waals surface area contributed by atoms with Crippen LogP contribution in [0.25, 0.3) is 0 Å². The topological polar surface area (TPSA) is 141 Å². The molecule has 0 spiro atoms. The lowest BCUT2D eigenvalue weighted by molar-refractivity contribution is -0.118. The standard InChI is InChI=1S/C44H59N5O7S/c1-5-6-7-8-9-10-11-12-13-14-15-16-17-21-32-55-36-26-24-34(25-27-36)41(50)40(49-31-30-45-42(49)44(52)46-35-22-19-18-20-23-35)43(51)47-38-33-37(28-29-39(38)54-4)57(53)56-48(2)3/h18-20,22-31,33,40H,5-17,21,32H2,1-4H3,(H,46,52)(H,47,51). The number of ether oxygens (including phenoxy) is 2. The van der Waals surface area contributed by atoms with Crippen LogP contribution in [0.2, 0.25) is 0 Å². The minimum Gasteiger partial charge on any atom is -0.495 e. The lowest BCUT2D eigenvalue weighted by atomic mass is 10.0. The van der Waals surface area contributed by atoms with Crippen LogP contribution >= 0.6 is 0 Å². The number of nitrogens with one attached hydrogen (secondary N) is 2. The van der Waals surface area contributed by atoms with Crippen LogP contribution in [0, 0.1) is 0 Å². The van der Waals surface area contributed by atoms with Crippen LogP contribution in [-0.4, -0.2) is 64.2 Å². The van der Waals surface area contributed by atoms with Gasteiger partial charge in [0.25, 0.3) is 11.8 Å². The summed E-state index contributed by atoms with van der Waals surface area (Å²) in [6.45, 7) is 2.82. The van der Waals surface area contributed by atoms with E-state index in [1.807, 2.05) is 6.07 Å². The first-order valence-electron chi connectivity index (χ1n) is 20.1. The third-order valence-electron chi connectivity index (χ3n) is 9.42. The van der Waals surface area contributed by atoms with E-state index in [0.29, 0.717) is 18.0 Å². The highest BCUT2D eigenvalue weighted by Crippen LogP contribution is 2.30. The van der Waals surface area contributed by atoms with E-state index < -0.39 is 34.7 Å². The van der Waals surface area contributed by atoms with Crippen molar-refractivity contribution >= 4 is 40.1 Å². The predicted molar refractivity (Wildman–Crippen MR) is 225 cm³/mol. The molecule has 3 aromatic carbocycles. The van der Waals surface area contributed by atoms with E-state index in [2.05, 4.69) is 22.5 Å². The maximum Gasteiger partial charge on any atom is 0.291 e. The summed E-state index contributed by atoms with van der Waals surface area (Å²) in [6, 6.07) is 18.4. The summed E-state index contributed by atoms with van der Waals surface area (Å²) in [6.07, 6.45) is 20.7. The van der Waals surface area contributed by atoms with Crippen LogP contribution in [0.3, 0.4) is 0 Å². The average Bonchev–Trinajstić information content (AvgIpc) is 3.69. The van der Waals surface area contributed by atoms with Crippen LogP contribution in [0.15, 0.2) is 90.1 Å². The van der Waals surface area contributed by atoms with Gasteiger partial charge in [-0.2, -0.15) is 9.35 Å². The zero-order chi connectivity index (χ0) is 40.8. The van der Waals surface area contributed by atoms with E-state index in [9.17, 15) is 18.6 Å². The highest BCUT2D eigenvalue weighted by Gasteiger charge is 2.33. The first-order valence-corrected chi connectivity index (χ1v) is 21.2. The molecule has 0 aliphatic carbocycles. The summed E-state index contributed by atoms with van der Waals surface area (Å²) < 4.78 is 30.7. The van der Waals surface area contributed by atoms with Crippen LogP contribution in [0.4, 0.5) is 11.4 Å². The van der Waals surface area contributed by atoms with E-state index >= 15 is 0 Å². The number of ketones is 1. The molecule has 0 aliphatic rings. The molecule has 4 rings (SSSR count). The molecule has 308 valence electrons. The zero-order valence-electron chi connectivity index (χ0n) is 33.9. The molecule has 0 aliphatic heterocycles. The molecule has 0 saturated carbocycles. The van der Waals surface area contributed by atoms with Crippen molar-refractivity contribution in [1.29, 1.82) is 0 Å². The van der Waals surface area contributed by atoms with E-state index in [1.165, 1.54) is 118 Å². The van der Waals surface area contributed by atoms with Crippen molar-refractivity contribution in [2.45, 2.75) is 108 Å². The van der Waals surface area contributed by atoms with Crippen LogP contribution in [0.5, 0.6) is 11.5 Å². The summed E-state index contributed by atoms with van der Waals surface area (Å²) >= 11 is -1.90. The molecule has 0 fully saturated rings. The lowest BCUT2D eigenvalue weighted by Gasteiger charge is -2.21. The van der Waals surface area contributed by atoms with Gasteiger partial charge in [0.1, 0.15) is 11.5 Å². The maximum absolute atomic E-state index is 14.3. The van der Waals surface area contributed by atoms with E-state index in [4.69, 9.17) is 13.8 Å². The number of imidazole rings is 1. The molecular formula is C44H59N5O7S. The number of carbonyl (C=O) groups excluding carboxylic acids is 3. The molecule has 2 unspecified atom stereocenters. The number of nitrogens with zero attached hydrogens (tertiary/aromatic N) is 3. The molecule has 13 heteroatoms. The summed E-state index contributed by atoms with van der Waals surface area (Å²) in [7, 11) is 4.61. The minimum absolute atomic E-state index is 0.149. The fourth-order valence-corrected chi connectivity index (χ4v) is 7.16. The normalized spacial score (nSPS) is 12.2. The number of hydrogen-bond acceptors (Lipinski definition) is 9. The first-order chi connectivity index (χ1) is 27.7. The van der Waals surface area contributed by atoms with Gasteiger partial charge in [-0.1, -0.05) is 109 Å². The number of amides is 2. The molecule has 1 heterocycles. The Morgan fingerprint density at radius 1 is 0.789 bits per heavy atom. The van der Waals surface area contributed by atoms with Crippen molar-refractivity contribution in [3.63, 3.8) is 0 Å². The van der Waals surface area contributed by atoms with Gasteiger partial charge in [0.2, 0.25) is 11.1 Å². The molecule has 57 heavy (non-hydrogen) atoms. The van der Waals surface area contributed by atoms with Crippen molar-refractivity contribution in [1.82, 2.24) is 14.6 Å². The van der Waals surface area contributed by atoms with Crippen molar-refractivity contribution in [2.24, 2.45) is 0 Å². The Balaban J connectivity index is 1.39. The van der Waals surface area contributed by atoms with Gasteiger partial charge >= 0.3 is 0 Å². The van der Waals surface area contributed by atoms with Crippen molar-refractivity contribution in [3.8, 4) is 11.5 Å². The molecule has 1 aromatic heterocycles. The highest BCUT2D eigenvalue weighted by atomic mass is 32.2. The largest absolute Gasteiger partial charge is 0.495 e. The Labute approximate surface area is 340 Å². The predicted octanol–water partition coefficient (Wildman–Crippen LogP) is 9.58. The number of unbranched alkanes of at least 4 members (excludes halogenated alkanes) is 13. The molecular weight excluding hydrogens is 743 g/mol. The smallest absolute Gasteiger partial charge is 0.291 e. The number of aromatic nitrogens is 2. The Morgan fingerprint density at radius 2 is 1.40 bits per heavy atom. The third kappa shape index (κ3) is 14.9. The zero-order valence-corrected chi connectivity index (χ0v) is 34.7. The number of rotatable bonds is 27. The fourth-order valence-electron chi connectivity index (χ4n) is 6.41. The molecule has 2 atom stereocenters. The second-order valence-electron chi connectivity index (χ2n) is 14.2. The fraction of sp³-hybridized carbons (Fsp3) is 0.455. The molecule has 0 bridgehead atoms. The van der Waals surface area contributed by atoms with E-state index in [-0.39, 0.29) is 27.7 Å². The first kappa shape index (κ1) is 44.9. The van der Waals surface area contributed by atoms with Gasteiger partial charge in [0.05, 0.1) is 24.3 Å². The van der Waals surface area contributed by atoms with Crippen LogP contribution in [0.1, 0.15) is 124 Å². The molecule has 0 saturated heterocycles. The number of para-hydroxylation sites is 1. The Morgan fingerprint density at radius 3 is 2.00 bits per heavy atom. The number of benzene rings is 3. The Bertz CT molecular complexity index is 1850. The van der Waals surface area contributed by atoms with E-state index in [1.54, 1.807) is 68.7 Å². The minimum atomic E-state index is -1.90. The second kappa shape index (κ2) is 24.7. The van der Waals surface area contributed by atoms with Gasteiger partial charge < -0.3 is 24.7 Å². The van der Waals surface area contributed by atoms with Gasteiger partial charge in [-0.15, -0.1) is 0 Å². The Kier molecular flexibility index (Phi) is 19.4. The quantitative estimate of drug-likeness (QED) is 0.0261. The van der Waals surface area contributed by atoms with Gasteiger partial charge in [0, 0.05) is 37.7 Å². The summed E-state index contributed by atoms with van der Waals surface area (Å²) in [5, 5.41) is 6.82. The van der Waals surface area contributed by atoms with Gasteiger partial charge in [-0.3, -0.25) is 14.4 Å². The molecule has 2 N–H and O–H groups in total. The second-order valence-corrected chi connectivity index (χ2v) is 15.3. The molecule has 2 amide bonds. The van der Waals surface area contributed by atoms with Crippen molar-refractivity contribution < 1.29 is 32.4 Å². The SMILES string of the molecule is CCCCCCCCCCCCCCCCOc1ccc(C(=O)C(C(=O)Nc2cc(S(=O)ON(C)C)ccc2OC)n2ccnc2C(=O)Nc2ccccc2)cc1. The average molecular weight is 802 g/mol. The van der Waals surface area contributed by atoms with E-state index in [0.717, 1.165) is 12.8 Å². The van der Waals surface area contributed by atoms with Gasteiger partial charge in [0.15, 0.2) is 17.6 Å². The highest BCUT2D eigenvalue weighted by molar-refractivity contribution is 7.80. The van der Waals surface area contributed by atoms with Crippen molar-refractivity contribution in [2.75, 3.05) is 38.4 Å². The lowest BCUT2D eigenvalue weighted by Crippen LogP contribution is -2.35. The van der Waals surface area contributed by atoms with Gasteiger partial charge in [-0.05, 0) is 61.0 Å². The summed E-state index contributed by atoms with van der Waals surface area (Å²) in [4.78, 5) is 46.4. The number of Topliss-reactive ketones (excluding diaryl/α,β-unsaturated/α-hetero) is 1. The van der Waals surface area contributed by atoms with Crippen LogP contribution < -0.4 is 20.1 Å². The van der Waals surface area contributed by atoms with Gasteiger partial charge in [-0.25, -0.2) is 9.19 Å². The number of methoxy groups -OCH3 is 1. The maximum atomic E-state index is 14.3.